The van der Waals surface area contributed by atoms with Gasteiger partial charge in [0.2, 0.25) is 10.0 Å². The van der Waals surface area contributed by atoms with Crippen LogP contribution in [0.2, 0.25) is 0 Å². The number of amides is 1. The molecule has 1 heterocycles. The van der Waals surface area contributed by atoms with E-state index in [9.17, 15) is 13.2 Å². The Balaban J connectivity index is 1.86. The fourth-order valence-electron chi connectivity index (χ4n) is 2.43. The summed E-state index contributed by atoms with van der Waals surface area (Å²) in [4.78, 5) is 16.6. The second-order valence-electron chi connectivity index (χ2n) is 6.50. The van der Waals surface area contributed by atoms with E-state index in [2.05, 4.69) is 24.1 Å². The Labute approximate surface area is 157 Å². The number of rotatable bonds is 8. The van der Waals surface area contributed by atoms with E-state index in [0.29, 0.717) is 24.6 Å². The van der Waals surface area contributed by atoms with Gasteiger partial charge in [0.05, 0.1) is 10.9 Å². The lowest BCUT2D eigenvalue weighted by atomic mass is 10.1. The van der Waals surface area contributed by atoms with Crippen molar-refractivity contribution in [3.8, 4) is 0 Å². The first-order chi connectivity index (χ1) is 12.2. The number of carbonyl (C=O) groups excluding carboxylic acids is 1. The standard InChI is InChI=1S/C17H24N4O3S2/c1-11(2)9-14(18)17-21-15(10-25-17)16(22)20-8-7-12-3-5-13(6-4-12)26(19,23)24/h3-6,10-11,14H,7-9,18H2,1-2H3,(H,20,22)(H2,19,23,24). The minimum Gasteiger partial charge on any atom is -0.350 e. The van der Waals surface area contributed by atoms with Crippen LogP contribution >= 0.6 is 11.3 Å². The van der Waals surface area contributed by atoms with E-state index in [4.69, 9.17) is 10.9 Å². The maximum atomic E-state index is 12.2. The van der Waals surface area contributed by atoms with E-state index in [1.165, 1.54) is 23.5 Å². The highest BCUT2D eigenvalue weighted by Crippen LogP contribution is 2.22. The first-order valence-corrected chi connectivity index (χ1v) is 10.7. The molecule has 0 saturated heterocycles. The lowest BCUT2D eigenvalue weighted by Crippen LogP contribution is -2.26. The molecule has 0 bridgehead atoms. The van der Waals surface area contributed by atoms with Crippen LogP contribution in [0.15, 0.2) is 34.5 Å². The third-order valence-electron chi connectivity index (χ3n) is 3.75. The number of aromatic nitrogens is 1. The van der Waals surface area contributed by atoms with Crippen molar-refractivity contribution >= 4 is 27.3 Å². The molecule has 1 aromatic carbocycles. The van der Waals surface area contributed by atoms with Gasteiger partial charge in [-0.15, -0.1) is 11.3 Å². The molecule has 7 nitrogen and oxygen atoms in total. The van der Waals surface area contributed by atoms with Gasteiger partial charge in [0.25, 0.3) is 5.91 Å². The van der Waals surface area contributed by atoms with Gasteiger partial charge < -0.3 is 11.1 Å². The largest absolute Gasteiger partial charge is 0.350 e. The highest BCUT2D eigenvalue weighted by atomic mass is 32.2. The number of sulfonamides is 1. The Morgan fingerprint density at radius 1 is 1.27 bits per heavy atom. The van der Waals surface area contributed by atoms with E-state index >= 15 is 0 Å². The van der Waals surface area contributed by atoms with E-state index < -0.39 is 10.0 Å². The number of thiazole rings is 1. The smallest absolute Gasteiger partial charge is 0.270 e. The minimum atomic E-state index is -3.69. The molecule has 142 valence electrons. The quantitative estimate of drug-likeness (QED) is 0.627. The predicted molar refractivity (Wildman–Crippen MR) is 102 cm³/mol. The number of primary sulfonamides is 1. The molecule has 1 unspecified atom stereocenters. The van der Waals surface area contributed by atoms with Crippen molar-refractivity contribution in [1.82, 2.24) is 10.3 Å². The van der Waals surface area contributed by atoms with Crippen molar-refractivity contribution in [2.45, 2.75) is 37.6 Å². The van der Waals surface area contributed by atoms with E-state index in [1.54, 1.807) is 17.5 Å². The second-order valence-corrected chi connectivity index (χ2v) is 8.95. The van der Waals surface area contributed by atoms with Crippen molar-refractivity contribution in [2.75, 3.05) is 6.54 Å². The van der Waals surface area contributed by atoms with Gasteiger partial charge in [-0.25, -0.2) is 18.5 Å². The second kappa shape index (κ2) is 8.72. The van der Waals surface area contributed by atoms with Gasteiger partial charge >= 0.3 is 0 Å². The number of nitrogens with two attached hydrogens (primary N) is 2. The molecule has 26 heavy (non-hydrogen) atoms. The van der Waals surface area contributed by atoms with Gasteiger partial charge in [0, 0.05) is 11.9 Å². The molecule has 1 atom stereocenters. The van der Waals surface area contributed by atoms with Crippen LogP contribution in [0, 0.1) is 5.92 Å². The predicted octanol–water partition coefficient (Wildman–Crippen LogP) is 1.81. The SMILES string of the molecule is CC(C)CC(N)c1nc(C(=O)NCCc2ccc(S(N)(=O)=O)cc2)cs1. The molecular weight excluding hydrogens is 372 g/mol. The summed E-state index contributed by atoms with van der Waals surface area (Å²) in [7, 11) is -3.69. The highest BCUT2D eigenvalue weighted by Gasteiger charge is 2.16. The maximum absolute atomic E-state index is 12.2. The van der Waals surface area contributed by atoms with Crippen LogP contribution in [-0.4, -0.2) is 25.9 Å². The van der Waals surface area contributed by atoms with Gasteiger partial charge in [-0.3, -0.25) is 4.79 Å². The van der Waals surface area contributed by atoms with Crippen LogP contribution in [-0.2, 0) is 16.4 Å². The van der Waals surface area contributed by atoms with Gasteiger partial charge in [-0.2, -0.15) is 0 Å². The normalized spacial score (nSPS) is 13.0. The van der Waals surface area contributed by atoms with Crippen LogP contribution in [0.25, 0.3) is 0 Å². The zero-order valence-corrected chi connectivity index (χ0v) is 16.4. The molecule has 0 spiro atoms. The Morgan fingerprint density at radius 3 is 2.50 bits per heavy atom. The summed E-state index contributed by atoms with van der Waals surface area (Å²) in [6.45, 7) is 4.60. The number of benzene rings is 1. The molecule has 0 aliphatic heterocycles. The molecular formula is C17H24N4O3S2. The van der Waals surface area contributed by atoms with Gasteiger partial charge in [0.1, 0.15) is 10.7 Å². The molecule has 5 N–H and O–H groups in total. The molecule has 0 aliphatic carbocycles. The number of nitrogens with one attached hydrogen (secondary N) is 1. The summed E-state index contributed by atoms with van der Waals surface area (Å²) in [5, 5.41) is 10.3. The number of hydrogen-bond acceptors (Lipinski definition) is 6. The third kappa shape index (κ3) is 5.87. The van der Waals surface area contributed by atoms with Crippen molar-refractivity contribution in [2.24, 2.45) is 16.8 Å². The van der Waals surface area contributed by atoms with Crippen molar-refractivity contribution in [3.63, 3.8) is 0 Å². The lowest BCUT2D eigenvalue weighted by Gasteiger charge is -2.10. The van der Waals surface area contributed by atoms with Crippen molar-refractivity contribution in [3.05, 3.63) is 45.9 Å². The molecule has 0 saturated carbocycles. The molecule has 0 radical (unpaired) electrons. The third-order valence-corrected chi connectivity index (χ3v) is 5.65. The van der Waals surface area contributed by atoms with Crippen LogP contribution < -0.4 is 16.2 Å². The highest BCUT2D eigenvalue weighted by molar-refractivity contribution is 7.89. The van der Waals surface area contributed by atoms with Gasteiger partial charge in [-0.1, -0.05) is 26.0 Å². The zero-order chi connectivity index (χ0) is 19.3. The minimum absolute atomic E-state index is 0.0676. The molecule has 1 amide bonds. The van der Waals surface area contributed by atoms with Gasteiger partial charge in [0.15, 0.2) is 0 Å². The van der Waals surface area contributed by atoms with E-state index in [1.807, 2.05) is 0 Å². The van der Waals surface area contributed by atoms with Crippen LogP contribution in [0.1, 0.15) is 47.4 Å². The average Bonchev–Trinajstić information content (AvgIpc) is 3.04. The fraction of sp³-hybridized carbons (Fsp3) is 0.412. The summed E-state index contributed by atoms with van der Waals surface area (Å²) < 4.78 is 22.4. The average molecular weight is 397 g/mol. The molecule has 2 aromatic rings. The monoisotopic (exact) mass is 396 g/mol. The summed E-state index contributed by atoms with van der Waals surface area (Å²) in [5.41, 5.74) is 7.36. The molecule has 0 aliphatic rings. The van der Waals surface area contributed by atoms with Crippen molar-refractivity contribution < 1.29 is 13.2 Å². The molecule has 0 fully saturated rings. The molecule has 1 aromatic heterocycles. The first kappa shape index (κ1) is 20.5. The first-order valence-electron chi connectivity index (χ1n) is 8.27. The molecule has 9 heteroatoms. The Kier molecular flexibility index (Phi) is 6.87. The summed E-state index contributed by atoms with van der Waals surface area (Å²) in [5.74, 6) is 0.220. The fourth-order valence-corrected chi connectivity index (χ4v) is 3.76. The van der Waals surface area contributed by atoms with E-state index in [-0.39, 0.29) is 16.8 Å². The number of carbonyl (C=O) groups is 1. The van der Waals surface area contributed by atoms with E-state index in [0.717, 1.165) is 17.0 Å². The topological polar surface area (TPSA) is 128 Å². The Bertz CT molecular complexity index is 845. The summed E-state index contributed by atoms with van der Waals surface area (Å²) in [6.07, 6.45) is 1.39. The Hall–Kier alpha value is -1.81. The van der Waals surface area contributed by atoms with Crippen LogP contribution in [0.3, 0.4) is 0 Å². The van der Waals surface area contributed by atoms with Gasteiger partial charge in [-0.05, 0) is 36.5 Å². The van der Waals surface area contributed by atoms with Crippen LogP contribution in [0.5, 0.6) is 0 Å². The molecule has 2 rings (SSSR count). The number of hydrogen-bond donors (Lipinski definition) is 3. The summed E-state index contributed by atoms with van der Waals surface area (Å²) >= 11 is 1.40. The summed E-state index contributed by atoms with van der Waals surface area (Å²) in [6, 6.07) is 6.11. The lowest BCUT2D eigenvalue weighted by molar-refractivity contribution is 0.0949. The van der Waals surface area contributed by atoms with Crippen molar-refractivity contribution in [1.29, 1.82) is 0 Å². The Morgan fingerprint density at radius 2 is 1.92 bits per heavy atom. The maximum Gasteiger partial charge on any atom is 0.270 e. The number of nitrogens with zero attached hydrogens (tertiary/aromatic N) is 1. The zero-order valence-electron chi connectivity index (χ0n) is 14.8. The van der Waals surface area contributed by atoms with Crippen LogP contribution in [0.4, 0.5) is 0 Å².